The molecular formula is C15H14BrN3O3. The average molecular weight is 364 g/mol. The number of methoxy groups -OCH3 is 1. The van der Waals surface area contributed by atoms with Gasteiger partial charge >= 0.3 is 6.03 Å². The Balaban J connectivity index is 1.98. The Labute approximate surface area is 135 Å². The van der Waals surface area contributed by atoms with Crippen LogP contribution < -0.4 is 15.5 Å². The number of carbonyl (C=O) groups is 1. The number of anilines is 1. The summed E-state index contributed by atoms with van der Waals surface area (Å²) in [6.07, 6.45) is 1.44. The molecule has 0 heterocycles. The molecule has 0 aliphatic carbocycles. The lowest BCUT2D eigenvalue weighted by Gasteiger charge is -2.06. The summed E-state index contributed by atoms with van der Waals surface area (Å²) in [5, 5.41) is 16.2. The number of phenolic OH excluding ortho intramolecular Hbond substituents is 1. The van der Waals surface area contributed by atoms with Crippen LogP contribution in [-0.2, 0) is 0 Å². The maximum Gasteiger partial charge on any atom is 0.339 e. The first-order chi connectivity index (χ1) is 10.6. The van der Waals surface area contributed by atoms with Crippen molar-refractivity contribution in [3.63, 3.8) is 0 Å². The monoisotopic (exact) mass is 363 g/mol. The molecule has 7 heteroatoms. The van der Waals surface area contributed by atoms with Gasteiger partial charge in [0.05, 0.1) is 17.8 Å². The number of hydrogen-bond acceptors (Lipinski definition) is 4. The van der Waals surface area contributed by atoms with Gasteiger partial charge in [0.2, 0.25) is 0 Å². The Bertz CT molecular complexity index is 690. The number of para-hydroxylation sites is 1. The van der Waals surface area contributed by atoms with Crippen molar-refractivity contribution in [2.45, 2.75) is 0 Å². The van der Waals surface area contributed by atoms with Crippen molar-refractivity contribution in [3.05, 3.63) is 52.5 Å². The Morgan fingerprint density at radius 1 is 1.32 bits per heavy atom. The fraction of sp³-hybridized carbons (Fsp3) is 0.0667. The number of amides is 2. The summed E-state index contributed by atoms with van der Waals surface area (Å²) >= 11 is 3.21. The molecule has 0 aromatic heterocycles. The molecule has 0 saturated heterocycles. The summed E-state index contributed by atoms with van der Waals surface area (Å²) in [5.74, 6) is 0.319. The van der Waals surface area contributed by atoms with Crippen LogP contribution >= 0.6 is 15.9 Å². The molecule has 0 atom stereocenters. The molecule has 114 valence electrons. The minimum Gasteiger partial charge on any atom is -0.503 e. The van der Waals surface area contributed by atoms with Crippen LogP contribution in [0.15, 0.2) is 52.0 Å². The number of carbonyl (C=O) groups excluding carboxylic acids is 1. The van der Waals surface area contributed by atoms with Crippen molar-refractivity contribution >= 4 is 33.9 Å². The van der Waals surface area contributed by atoms with Gasteiger partial charge in [0.25, 0.3) is 0 Å². The third kappa shape index (κ3) is 4.23. The number of hydrazone groups is 1. The normalized spacial score (nSPS) is 10.5. The number of phenols is 1. The number of rotatable bonds is 4. The van der Waals surface area contributed by atoms with Gasteiger partial charge in [-0.2, -0.15) is 5.10 Å². The van der Waals surface area contributed by atoms with E-state index in [0.29, 0.717) is 21.5 Å². The summed E-state index contributed by atoms with van der Waals surface area (Å²) < 4.78 is 5.51. The van der Waals surface area contributed by atoms with Crippen LogP contribution in [0.25, 0.3) is 0 Å². The number of nitrogens with one attached hydrogen (secondary N) is 2. The van der Waals surface area contributed by atoms with Crippen LogP contribution in [0.3, 0.4) is 0 Å². The molecule has 0 spiro atoms. The van der Waals surface area contributed by atoms with E-state index in [2.05, 4.69) is 31.8 Å². The molecule has 0 bridgehead atoms. The number of halogens is 1. The quantitative estimate of drug-likeness (QED) is 0.575. The Morgan fingerprint density at radius 2 is 2.05 bits per heavy atom. The van der Waals surface area contributed by atoms with Crippen molar-refractivity contribution in [2.75, 3.05) is 12.4 Å². The highest BCUT2D eigenvalue weighted by Crippen LogP contribution is 2.34. The number of hydrogen-bond donors (Lipinski definition) is 3. The van der Waals surface area contributed by atoms with E-state index in [-0.39, 0.29) is 5.75 Å². The van der Waals surface area contributed by atoms with E-state index < -0.39 is 6.03 Å². The molecule has 0 unspecified atom stereocenters. The van der Waals surface area contributed by atoms with Crippen molar-refractivity contribution in [1.29, 1.82) is 0 Å². The fourth-order valence-corrected chi connectivity index (χ4v) is 2.13. The summed E-state index contributed by atoms with van der Waals surface area (Å²) in [6.45, 7) is 0. The number of urea groups is 1. The Morgan fingerprint density at radius 3 is 2.73 bits per heavy atom. The standard InChI is InChI=1S/C15H14BrN3O3/c1-22-13-8-10(7-12(16)14(13)20)9-17-19-15(21)18-11-5-3-2-4-6-11/h2-9,20H,1H3,(H2,18,19,21)/b17-9+. The van der Waals surface area contributed by atoms with Crippen LogP contribution in [0.2, 0.25) is 0 Å². The van der Waals surface area contributed by atoms with Gasteiger partial charge in [-0.05, 0) is 45.8 Å². The topological polar surface area (TPSA) is 83.0 Å². The van der Waals surface area contributed by atoms with E-state index in [0.717, 1.165) is 0 Å². The highest BCUT2D eigenvalue weighted by molar-refractivity contribution is 9.10. The maximum absolute atomic E-state index is 11.6. The van der Waals surface area contributed by atoms with E-state index in [4.69, 9.17) is 4.74 Å². The second-order valence-electron chi connectivity index (χ2n) is 4.24. The second-order valence-corrected chi connectivity index (χ2v) is 5.10. The third-order valence-electron chi connectivity index (χ3n) is 2.68. The molecule has 0 radical (unpaired) electrons. The fourth-order valence-electron chi connectivity index (χ4n) is 1.67. The molecule has 0 aliphatic rings. The molecular weight excluding hydrogens is 350 g/mol. The summed E-state index contributed by atoms with van der Waals surface area (Å²) in [5.41, 5.74) is 3.68. The number of nitrogens with zero attached hydrogens (tertiary/aromatic N) is 1. The lowest BCUT2D eigenvalue weighted by molar-refractivity contribution is 0.252. The predicted octanol–water partition coefficient (Wildman–Crippen LogP) is 3.32. The molecule has 0 aliphatic heterocycles. The largest absolute Gasteiger partial charge is 0.503 e. The molecule has 22 heavy (non-hydrogen) atoms. The van der Waals surface area contributed by atoms with Gasteiger partial charge in [0, 0.05) is 5.69 Å². The van der Waals surface area contributed by atoms with Crippen LogP contribution in [0.5, 0.6) is 11.5 Å². The molecule has 2 amide bonds. The first kappa shape index (κ1) is 15.8. The minimum atomic E-state index is -0.452. The summed E-state index contributed by atoms with van der Waals surface area (Å²) in [7, 11) is 1.45. The molecule has 0 saturated carbocycles. The maximum atomic E-state index is 11.6. The molecule has 0 fully saturated rings. The van der Waals surface area contributed by atoms with Gasteiger partial charge < -0.3 is 15.2 Å². The summed E-state index contributed by atoms with van der Waals surface area (Å²) in [6, 6.07) is 11.8. The SMILES string of the molecule is COc1cc(/C=N/NC(=O)Nc2ccccc2)cc(Br)c1O. The van der Waals surface area contributed by atoms with Gasteiger partial charge in [-0.3, -0.25) is 0 Å². The van der Waals surface area contributed by atoms with Gasteiger partial charge in [0.1, 0.15) is 0 Å². The van der Waals surface area contributed by atoms with E-state index in [1.807, 2.05) is 18.2 Å². The van der Waals surface area contributed by atoms with Gasteiger partial charge in [0.15, 0.2) is 11.5 Å². The van der Waals surface area contributed by atoms with Crippen LogP contribution in [0.1, 0.15) is 5.56 Å². The van der Waals surface area contributed by atoms with E-state index in [1.54, 1.807) is 24.3 Å². The van der Waals surface area contributed by atoms with Gasteiger partial charge in [-0.25, -0.2) is 10.2 Å². The lowest BCUT2D eigenvalue weighted by atomic mass is 10.2. The number of ether oxygens (including phenoxy) is 1. The molecule has 3 N–H and O–H groups in total. The molecule has 2 aromatic carbocycles. The first-order valence-electron chi connectivity index (χ1n) is 6.31. The first-order valence-corrected chi connectivity index (χ1v) is 7.11. The molecule has 2 rings (SSSR count). The lowest BCUT2D eigenvalue weighted by Crippen LogP contribution is -2.24. The smallest absolute Gasteiger partial charge is 0.339 e. The van der Waals surface area contributed by atoms with Crippen LogP contribution in [0.4, 0.5) is 10.5 Å². The zero-order chi connectivity index (χ0) is 15.9. The van der Waals surface area contributed by atoms with E-state index in [9.17, 15) is 9.90 Å². The van der Waals surface area contributed by atoms with E-state index in [1.165, 1.54) is 13.3 Å². The van der Waals surface area contributed by atoms with Crippen molar-refractivity contribution < 1.29 is 14.6 Å². The highest BCUT2D eigenvalue weighted by Gasteiger charge is 2.07. The summed E-state index contributed by atoms with van der Waals surface area (Å²) in [4.78, 5) is 11.6. The van der Waals surface area contributed by atoms with Crippen molar-refractivity contribution in [3.8, 4) is 11.5 Å². The Hall–Kier alpha value is -2.54. The second kappa shape index (κ2) is 7.46. The Kier molecular flexibility index (Phi) is 5.37. The van der Waals surface area contributed by atoms with Crippen LogP contribution in [-0.4, -0.2) is 24.5 Å². The number of benzene rings is 2. The molecule has 6 nitrogen and oxygen atoms in total. The molecule has 2 aromatic rings. The predicted molar refractivity (Wildman–Crippen MR) is 88.5 cm³/mol. The van der Waals surface area contributed by atoms with Gasteiger partial charge in [-0.15, -0.1) is 0 Å². The van der Waals surface area contributed by atoms with E-state index >= 15 is 0 Å². The van der Waals surface area contributed by atoms with Crippen molar-refractivity contribution in [2.24, 2.45) is 5.10 Å². The average Bonchev–Trinajstić information content (AvgIpc) is 2.51. The zero-order valence-electron chi connectivity index (χ0n) is 11.7. The van der Waals surface area contributed by atoms with Gasteiger partial charge in [-0.1, -0.05) is 18.2 Å². The zero-order valence-corrected chi connectivity index (χ0v) is 13.3. The van der Waals surface area contributed by atoms with Crippen LogP contribution in [0, 0.1) is 0 Å². The highest BCUT2D eigenvalue weighted by atomic mass is 79.9. The van der Waals surface area contributed by atoms with Crippen molar-refractivity contribution in [1.82, 2.24) is 5.43 Å². The third-order valence-corrected chi connectivity index (χ3v) is 3.29. The minimum absolute atomic E-state index is 0.00873. The number of aromatic hydroxyl groups is 1.